The van der Waals surface area contributed by atoms with E-state index in [-0.39, 0.29) is 0 Å². The van der Waals surface area contributed by atoms with E-state index in [1.54, 1.807) is 0 Å². The van der Waals surface area contributed by atoms with E-state index in [1.807, 2.05) is 19.1 Å². The van der Waals surface area contributed by atoms with E-state index in [9.17, 15) is 0 Å². The van der Waals surface area contributed by atoms with Crippen molar-refractivity contribution in [2.24, 2.45) is 0 Å². The van der Waals surface area contributed by atoms with Crippen LogP contribution >= 0.6 is 0 Å². The Morgan fingerprint density at radius 3 is 2.71 bits per heavy atom. The summed E-state index contributed by atoms with van der Waals surface area (Å²) in [5.74, 6) is 0.901. The topological polar surface area (TPSA) is 9.23 Å². The molecule has 0 saturated carbocycles. The molecular formula is C13H17O. The molecule has 75 valence electrons. The second-order valence-electron chi connectivity index (χ2n) is 3.18. The van der Waals surface area contributed by atoms with Crippen LogP contribution in [0.2, 0.25) is 0 Å². The van der Waals surface area contributed by atoms with Crippen LogP contribution in [0.15, 0.2) is 24.8 Å². The molecule has 1 aromatic carbocycles. The standard InChI is InChI=1S/C13H17O/c1-4-7-12-8-9-13(14-6-3)10-11(12)5-2/h8-10H,2,4,6-7H2,1,3H3. The van der Waals surface area contributed by atoms with Gasteiger partial charge in [-0.15, -0.1) is 0 Å². The molecule has 0 aliphatic carbocycles. The minimum absolute atomic E-state index is 0.698. The normalized spacial score (nSPS) is 9.86. The van der Waals surface area contributed by atoms with E-state index < -0.39 is 0 Å². The maximum atomic E-state index is 5.41. The van der Waals surface area contributed by atoms with Crippen LogP contribution in [-0.4, -0.2) is 6.61 Å². The summed E-state index contributed by atoms with van der Waals surface area (Å²) < 4.78 is 5.41. The van der Waals surface area contributed by atoms with Crippen molar-refractivity contribution in [1.29, 1.82) is 0 Å². The Morgan fingerprint density at radius 1 is 1.36 bits per heavy atom. The van der Waals surface area contributed by atoms with Crippen LogP contribution in [-0.2, 0) is 6.42 Å². The van der Waals surface area contributed by atoms with Gasteiger partial charge in [0.2, 0.25) is 0 Å². The average Bonchev–Trinajstić information content (AvgIpc) is 2.21. The third-order valence-electron chi connectivity index (χ3n) is 2.10. The summed E-state index contributed by atoms with van der Waals surface area (Å²) in [6.45, 7) is 8.55. The summed E-state index contributed by atoms with van der Waals surface area (Å²) in [5.41, 5.74) is 2.36. The van der Waals surface area contributed by atoms with Gasteiger partial charge in [0.25, 0.3) is 0 Å². The molecule has 0 heterocycles. The van der Waals surface area contributed by atoms with Crippen LogP contribution in [0.5, 0.6) is 5.75 Å². The van der Waals surface area contributed by atoms with Gasteiger partial charge in [-0.05, 0) is 42.7 Å². The summed E-state index contributed by atoms with van der Waals surface area (Å²) in [6.07, 6.45) is 5.16. The lowest BCUT2D eigenvalue weighted by molar-refractivity contribution is 0.340. The highest BCUT2D eigenvalue weighted by Crippen LogP contribution is 2.19. The van der Waals surface area contributed by atoms with Crippen molar-refractivity contribution in [2.45, 2.75) is 26.7 Å². The molecule has 0 saturated heterocycles. The zero-order valence-electron chi connectivity index (χ0n) is 8.97. The van der Waals surface area contributed by atoms with Gasteiger partial charge in [-0.3, -0.25) is 0 Å². The quantitative estimate of drug-likeness (QED) is 0.690. The van der Waals surface area contributed by atoms with Crippen molar-refractivity contribution in [3.8, 4) is 5.75 Å². The summed E-state index contributed by atoms with van der Waals surface area (Å²) >= 11 is 0. The van der Waals surface area contributed by atoms with Gasteiger partial charge >= 0.3 is 0 Å². The zero-order chi connectivity index (χ0) is 10.4. The number of aryl methyl sites for hydroxylation is 1. The van der Waals surface area contributed by atoms with E-state index in [4.69, 9.17) is 4.74 Å². The van der Waals surface area contributed by atoms with Crippen LogP contribution < -0.4 is 4.74 Å². The van der Waals surface area contributed by atoms with Crippen LogP contribution in [0.4, 0.5) is 0 Å². The van der Waals surface area contributed by atoms with Gasteiger partial charge in [0.1, 0.15) is 5.75 Å². The van der Waals surface area contributed by atoms with Gasteiger partial charge in [-0.2, -0.15) is 0 Å². The smallest absolute Gasteiger partial charge is 0.119 e. The highest BCUT2D eigenvalue weighted by atomic mass is 16.5. The Kier molecular flexibility index (Phi) is 4.24. The molecule has 0 N–H and O–H groups in total. The molecule has 0 bridgehead atoms. The predicted octanol–water partition coefficient (Wildman–Crippen LogP) is 3.38. The fourth-order valence-electron chi connectivity index (χ4n) is 1.46. The molecule has 0 atom stereocenters. The fraction of sp³-hybridized carbons (Fsp3) is 0.385. The summed E-state index contributed by atoms with van der Waals surface area (Å²) in [5, 5.41) is 0. The lowest BCUT2D eigenvalue weighted by Crippen LogP contribution is -1.94. The van der Waals surface area contributed by atoms with Crippen LogP contribution in [0.1, 0.15) is 31.4 Å². The molecule has 14 heavy (non-hydrogen) atoms. The number of hydrogen-bond acceptors (Lipinski definition) is 1. The molecule has 1 nitrogen and oxygen atoms in total. The lowest BCUT2D eigenvalue weighted by Gasteiger charge is -2.08. The molecule has 1 rings (SSSR count). The Balaban J connectivity index is 2.92. The number of hydrogen-bond donors (Lipinski definition) is 0. The second kappa shape index (κ2) is 5.48. The van der Waals surface area contributed by atoms with Gasteiger partial charge in [0, 0.05) is 0 Å². The zero-order valence-corrected chi connectivity index (χ0v) is 8.97. The van der Waals surface area contributed by atoms with E-state index in [1.165, 1.54) is 5.56 Å². The highest BCUT2D eigenvalue weighted by Gasteiger charge is 2.00. The van der Waals surface area contributed by atoms with E-state index >= 15 is 0 Å². The first-order valence-corrected chi connectivity index (χ1v) is 5.10. The second-order valence-corrected chi connectivity index (χ2v) is 3.18. The molecule has 0 aliphatic heterocycles. The van der Waals surface area contributed by atoms with Gasteiger partial charge in [0.15, 0.2) is 0 Å². The number of ether oxygens (including phenoxy) is 1. The maximum Gasteiger partial charge on any atom is 0.119 e. The van der Waals surface area contributed by atoms with Gasteiger partial charge < -0.3 is 4.74 Å². The molecule has 0 unspecified atom stereocenters. The van der Waals surface area contributed by atoms with Crippen molar-refractivity contribution in [3.05, 3.63) is 42.0 Å². The molecule has 1 heteroatoms. The largest absolute Gasteiger partial charge is 0.494 e. The first-order valence-electron chi connectivity index (χ1n) is 5.10. The van der Waals surface area contributed by atoms with Crippen LogP contribution in [0.3, 0.4) is 0 Å². The maximum absolute atomic E-state index is 5.41. The number of benzene rings is 1. The van der Waals surface area contributed by atoms with Crippen LogP contribution in [0.25, 0.3) is 0 Å². The average molecular weight is 189 g/mol. The molecule has 0 aromatic heterocycles. The third kappa shape index (κ3) is 2.63. The molecule has 0 fully saturated rings. The Hall–Kier alpha value is -1.24. The number of rotatable bonds is 5. The molecule has 0 spiro atoms. The summed E-state index contributed by atoms with van der Waals surface area (Å²) in [4.78, 5) is 0. The van der Waals surface area contributed by atoms with Crippen molar-refractivity contribution >= 4 is 0 Å². The molecule has 0 amide bonds. The van der Waals surface area contributed by atoms with Crippen molar-refractivity contribution in [1.82, 2.24) is 0 Å². The summed E-state index contributed by atoms with van der Waals surface area (Å²) in [6, 6.07) is 6.11. The SMILES string of the molecule is C=[C]c1cc(OCC)ccc1CCC. The van der Waals surface area contributed by atoms with Crippen molar-refractivity contribution in [3.63, 3.8) is 0 Å². The molecule has 1 radical (unpaired) electrons. The van der Waals surface area contributed by atoms with E-state index in [0.29, 0.717) is 6.61 Å². The first-order chi connectivity index (χ1) is 6.81. The first kappa shape index (κ1) is 10.8. The Morgan fingerprint density at radius 2 is 2.14 bits per heavy atom. The van der Waals surface area contributed by atoms with Gasteiger partial charge in [0.05, 0.1) is 6.61 Å². The fourth-order valence-corrected chi connectivity index (χ4v) is 1.46. The minimum atomic E-state index is 0.698. The molecular weight excluding hydrogens is 172 g/mol. The minimum Gasteiger partial charge on any atom is -0.494 e. The predicted molar refractivity (Wildman–Crippen MR) is 59.6 cm³/mol. The highest BCUT2D eigenvalue weighted by molar-refractivity contribution is 5.39. The Bertz CT molecular complexity index is 302. The summed E-state index contributed by atoms with van der Waals surface area (Å²) in [7, 11) is 0. The van der Waals surface area contributed by atoms with Gasteiger partial charge in [-0.1, -0.05) is 26.0 Å². The van der Waals surface area contributed by atoms with E-state index in [0.717, 1.165) is 24.2 Å². The third-order valence-corrected chi connectivity index (χ3v) is 2.10. The van der Waals surface area contributed by atoms with Crippen molar-refractivity contribution < 1.29 is 4.74 Å². The van der Waals surface area contributed by atoms with E-state index in [2.05, 4.69) is 25.6 Å². The lowest BCUT2D eigenvalue weighted by atomic mass is 10.0. The van der Waals surface area contributed by atoms with Crippen molar-refractivity contribution in [2.75, 3.05) is 6.61 Å². The van der Waals surface area contributed by atoms with Gasteiger partial charge in [-0.25, -0.2) is 0 Å². The molecule has 0 aliphatic rings. The van der Waals surface area contributed by atoms with Crippen LogP contribution in [0, 0.1) is 6.08 Å². The Labute approximate surface area is 86.4 Å². The monoisotopic (exact) mass is 189 g/mol. The molecule has 1 aromatic rings.